The summed E-state index contributed by atoms with van der Waals surface area (Å²) in [7, 11) is 0. The lowest BCUT2D eigenvalue weighted by Crippen LogP contribution is -2.37. The summed E-state index contributed by atoms with van der Waals surface area (Å²) < 4.78 is 15.0. The van der Waals surface area contributed by atoms with Gasteiger partial charge >= 0.3 is 0 Å². The van der Waals surface area contributed by atoms with E-state index in [9.17, 15) is 19.4 Å². The second-order valence-corrected chi connectivity index (χ2v) is 9.43. The van der Waals surface area contributed by atoms with Crippen molar-refractivity contribution in [3.8, 4) is 0 Å². The van der Waals surface area contributed by atoms with Crippen molar-refractivity contribution in [2.75, 3.05) is 26.2 Å². The molecule has 0 amide bonds. The smallest absolute Gasteiger partial charge is 0.208 e. The summed E-state index contributed by atoms with van der Waals surface area (Å²) in [6.07, 6.45) is 3.81. The third kappa shape index (κ3) is 6.57. The fourth-order valence-corrected chi connectivity index (χ4v) is 4.70. The van der Waals surface area contributed by atoms with Crippen LogP contribution in [0.2, 0.25) is 0 Å². The number of ketones is 1. The third-order valence-electron chi connectivity index (χ3n) is 6.75. The molecule has 190 valence electrons. The molecule has 0 spiro atoms. The van der Waals surface area contributed by atoms with Crippen LogP contribution in [0.4, 0.5) is 4.39 Å². The molecule has 6 heteroatoms. The summed E-state index contributed by atoms with van der Waals surface area (Å²) in [6, 6.07) is 12.6. The summed E-state index contributed by atoms with van der Waals surface area (Å²) in [5.74, 6) is -1.26. The van der Waals surface area contributed by atoms with Crippen molar-refractivity contribution >= 4 is 11.5 Å². The number of aliphatic hydroxyl groups excluding tert-OH is 2. The zero-order valence-electron chi connectivity index (χ0n) is 21.2. The molecule has 1 aliphatic rings. The molecule has 1 heterocycles. The lowest BCUT2D eigenvalue weighted by atomic mass is 9.94. The molecule has 2 N–H and O–H groups in total. The van der Waals surface area contributed by atoms with Crippen molar-refractivity contribution in [3.63, 3.8) is 0 Å². The first-order valence-electron chi connectivity index (χ1n) is 12.8. The SMILES string of the molecule is CCCCN(CCCC)CCCN1C(O)C(=O)/C(=C(\O)c2ccc(C)cc2)C1c1ccccc1F. The quantitative estimate of drug-likeness (QED) is 0.303. The highest BCUT2D eigenvalue weighted by Crippen LogP contribution is 2.41. The van der Waals surface area contributed by atoms with Crippen LogP contribution in [-0.2, 0) is 4.79 Å². The van der Waals surface area contributed by atoms with Gasteiger partial charge in [0.15, 0.2) is 6.23 Å². The number of nitrogens with zero attached hydrogens (tertiary/aromatic N) is 2. The number of halogens is 1. The second kappa shape index (κ2) is 13.0. The molecule has 0 aromatic heterocycles. The van der Waals surface area contributed by atoms with Crippen molar-refractivity contribution in [1.82, 2.24) is 9.80 Å². The van der Waals surface area contributed by atoms with Gasteiger partial charge < -0.3 is 15.1 Å². The molecule has 0 saturated carbocycles. The Morgan fingerprint density at radius 1 is 0.971 bits per heavy atom. The van der Waals surface area contributed by atoms with Crippen molar-refractivity contribution in [3.05, 3.63) is 76.6 Å². The van der Waals surface area contributed by atoms with Crippen molar-refractivity contribution in [1.29, 1.82) is 0 Å². The van der Waals surface area contributed by atoms with Gasteiger partial charge in [0.05, 0.1) is 11.6 Å². The van der Waals surface area contributed by atoms with Crippen LogP contribution in [0.1, 0.15) is 68.7 Å². The minimum absolute atomic E-state index is 0.0419. The molecule has 1 saturated heterocycles. The van der Waals surface area contributed by atoms with Gasteiger partial charge in [-0.15, -0.1) is 0 Å². The average Bonchev–Trinajstić information content (AvgIpc) is 3.10. The number of likely N-dealkylation sites (tertiary alicyclic amines) is 1. The van der Waals surface area contributed by atoms with E-state index in [2.05, 4.69) is 18.7 Å². The highest BCUT2D eigenvalue weighted by atomic mass is 19.1. The Bertz CT molecular complexity index is 997. The predicted octanol–water partition coefficient (Wildman–Crippen LogP) is 5.64. The summed E-state index contributed by atoms with van der Waals surface area (Å²) in [5.41, 5.74) is 1.81. The number of hydrogen-bond acceptors (Lipinski definition) is 5. The highest BCUT2D eigenvalue weighted by molar-refractivity contribution is 6.07. The molecular weight excluding hydrogens is 443 g/mol. The Hall–Kier alpha value is -2.54. The Labute approximate surface area is 208 Å². The zero-order chi connectivity index (χ0) is 25.4. The third-order valence-corrected chi connectivity index (χ3v) is 6.75. The van der Waals surface area contributed by atoms with Gasteiger partial charge in [0, 0.05) is 17.7 Å². The lowest BCUT2D eigenvalue weighted by molar-refractivity contribution is -0.127. The number of hydrogen-bond donors (Lipinski definition) is 2. The van der Waals surface area contributed by atoms with Crippen molar-refractivity contribution < 1.29 is 19.4 Å². The van der Waals surface area contributed by atoms with Gasteiger partial charge in [0.25, 0.3) is 0 Å². The Morgan fingerprint density at radius 2 is 1.57 bits per heavy atom. The molecule has 0 radical (unpaired) electrons. The molecule has 2 aromatic rings. The molecule has 1 aliphatic heterocycles. The highest BCUT2D eigenvalue weighted by Gasteiger charge is 2.46. The summed E-state index contributed by atoms with van der Waals surface area (Å²) in [4.78, 5) is 17.3. The number of carbonyl (C=O) groups excluding carboxylic acids is 1. The number of rotatable bonds is 12. The second-order valence-electron chi connectivity index (χ2n) is 9.43. The molecule has 3 rings (SSSR count). The number of Topliss-reactive ketones (excluding diaryl/α,β-unsaturated/α-hetero) is 1. The lowest BCUT2D eigenvalue weighted by Gasteiger charge is -2.29. The van der Waals surface area contributed by atoms with Crippen LogP contribution >= 0.6 is 0 Å². The predicted molar refractivity (Wildman–Crippen MR) is 138 cm³/mol. The molecule has 1 fully saturated rings. The monoisotopic (exact) mass is 482 g/mol. The minimum atomic E-state index is -1.43. The number of aryl methyl sites for hydroxylation is 1. The molecule has 0 bridgehead atoms. The van der Waals surface area contributed by atoms with Gasteiger partial charge in [-0.3, -0.25) is 9.69 Å². The topological polar surface area (TPSA) is 64.0 Å². The summed E-state index contributed by atoms with van der Waals surface area (Å²) in [6.45, 7) is 9.58. The Kier molecular flexibility index (Phi) is 10.0. The van der Waals surface area contributed by atoms with E-state index in [0.29, 0.717) is 12.1 Å². The van der Waals surface area contributed by atoms with Crippen LogP contribution in [0, 0.1) is 12.7 Å². The van der Waals surface area contributed by atoms with Gasteiger partial charge in [0.2, 0.25) is 5.78 Å². The molecule has 2 atom stereocenters. The van der Waals surface area contributed by atoms with E-state index in [1.807, 2.05) is 19.1 Å². The van der Waals surface area contributed by atoms with E-state index in [0.717, 1.165) is 57.3 Å². The van der Waals surface area contributed by atoms with Crippen molar-refractivity contribution in [2.45, 2.75) is 65.1 Å². The number of carbonyl (C=O) groups is 1. The van der Waals surface area contributed by atoms with E-state index in [1.165, 1.54) is 6.07 Å². The van der Waals surface area contributed by atoms with Gasteiger partial charge in [-0.1, -0.05) is 74.7 Å². The minimum Gasteiger partial charge on any atom is -0.507 e. The maximum absolute atomic E-state index is 15.0. The zero-order valence-corrected chi connectivity index (χ0v) is 21.2. The summed E-state index contributed by atoms with van der Waals surface area (Å²) in [5, 5.41) is 22.1. The first kappa shape index (κ1) is 27.1. The van der Waals surface area contributed by atoms with E-state index in [4.69, 9.17) is 0 Å². The van der Waals surface area contributed by atoms with Gasteiger partial charge in [0.1, 0.15) is 11.6 Å². The Morgan fingerprint density at radius 3 is 2.17 bits per heavy atom. The van der Waals surface area contributed by atoms with Crippen LogP contribution in [-0.4, -0.2) is 58.2 Å². The van der Waals surface area contributed by atoms with Crippen LogP contribution in [0.25, 0.3) is 5.76 Å². The van der Waals surface area contributed by atoms with Crippen molar-refractivity contribution in [2.24, 2.45) is 0 Å². The number of unbranched alkanes of at least 4 members (excludes halogenated alkanes) is 2. The van der Waals surface area contributed by atoms with Gasteiger partial charge in [-0.25, -0.2) is 4.39 Å². The normalized spacial score (nSPS) is 20.1. The van der Waals surface area contributed by atoms with Crippen LogP contribution in [0.15, 0.2) is 54.1 Å². The van der Waals surface area contributed by atoms with E-state index in [-0.39, 0.29) is 16.9 Å². The average molecular weight is 483 g/mol. The number of benzene rings is 2. The summed E-state index contributed by atoms with van der Waals surface area (Å²) >= 11 is 0. The molecule has 2 unspecified atom stereocenters. The molecule has 5 nitrogen and oxygen atoms in total. The fraction of sp³-hybridized carbons (Fsp3) is 0.483. The number of aliphatic hydroxyl groups is 2. The first-order valence-corrected chi connectivity index (χ1v) is 12.8. The molecule has 35 heavy (non-hydrogen) atoms. The fourth-order valence-electron chi connectivity index (χ4n) is 4.70. The van der Waals surface area contributed by atoms with Crippen LogP contribution in [0.5, 0.6) is 0 Å². The van der Waals surface area contributed by atoms with Gasteiger partial charge in [-0.05, 0) is 51.9 Å². The largest absolute Gasteiger partial charge is 0.507 e. The molecule has 0 aliphatic carbocycles. The van der Waals surface area contributed by atoms with Gasteiger partial charge in [-0.2, -0.15) is 0 Å². The molecular formula is C29H39FN2O3. The van der Waals surface area contributed by atoms with E-state index < -0.39 is 23.9 Å². The van der Waals surface area contributed by atoms with E-state index >= 15 is 0 Å². The van der Waals surface area contributed by atoms with E-state index in [1.54, 1.807) is 35.2 Å². The Balaban J connectivity index is 1.91. The van der Waals surface area contributed by atoms with Crippen LogP contribution < -0.4 is 0 Å². The maximum Gasteiger partial charge on any atom is 0.208 e. The maximum atomic E-state index is 15.0. The van der Waals surface area contributed by atoms with Crippen LogP contribution in [0.3, 0.4) is 0 Å². The first-order chi connectivity index (χ1) is 16.9. The molecule has 2 aromatic carbocycles. The standard InChI is InChI=1S/C29H39FN2O3/c1-4-6-17-31(18-7-5-2)19-10-20-32-26(23-11-8-9-12-24(23)30)25(28(34)29(32)35)27(33)22-15-13-21(3)14-16-22/h8-9,11-16,26,29,33,35H,4-7,10,17-20H2,1-3H3/b27-25-.